The molecule has 2 atom stereocenters. The molecule has 186 valence electrons. The highest BCUT2D eigenvalue weighted by molar-refractivity contribution is 5.85. The zero-order valence-electron chi connectivity index (χ0n) is 19.8. The molecule has 1 aliphatic heterocycles. The van der Waals surface area contributed by atoms with E-state index in [9.17, 15) is 9.18 Å². The van der Waals surface area contributed by atoms with Crippen LogP contribution in [0.4, 0.5) is 22.2 Å². The van der Waals surface area contributed by atoms with Gasteiger partial charge in [-0.3, -0.25) is 4.79 Å². The summed E-state index contributed by atoms with van der Waals surface area (Å²) in [5.74, 6) is 1.27. The van der Waals surface area contributed by atoms with Crippen LogP contribution in [0.1, 0.15) is 31.2 Å². The van der Waals surface area contributed by atoms with E-state index in [2.05, 4.69) is 47.7 Å². The maximum absolute atomic E-state index is 13.8. The number of nitrogens with one attached hydrogen (secondary N) is 3. The zero-order chi connectivity index (χ0) is 23.2. The van der Waals surface area contributed by atoms with Gasteiger partial charge in [-0.05, 0) is 32.4 Å². The van der Waals surface area contributed by atoms with Gasteiger partial charge in [-0.2, -0.15) is 15.0 Å². The fraction of sp³-hybridized carbons (Fsp3) is 0.565. The summed E-state index contributed by atoms with van der Waals surface area (Å²) in [5, 5.41) is 9.35. The largest absolute Gasteiger partial charge is 0.357 e. The number of anilines is 3. The van der Waals surface area contributed by atoms with Crippen molar-refractivity contribution in [3.05, 3.63) is 35.6 Å². The summed E-state index contributed by atoms with van der Waals surface area (Å²) in [6, 6.07) is 6.62. The predicted molar refractivity (Wildman–Crippen MR) is 134 cm³/mol. The first kappa shape index (κ1) is 25.9. The number of nitrogens with zero attached hydrogens (tertiary/aromatic N) is 5. The smallest absolute Gasteiger partial charge is 0.232 e. The molecule has 1 aromatic heterocycles. The predicted octanol–water partition coefficient (Wildman–Crippen LogP) is 2.51. The van der Waals surface area contributed by atoms with Gasteiger partial charge in [-0.25, -0.2) is 4.39 Å². The number of carbonyl (C=O) groups excluding carboxylic acids is 1. The van der Waals surface area contributed by atoms with Crippen molar-refractivity contribution in [1.29, 1.82) is 0 Å². The van der Waals surface area contributed by atoms with Gasteiger partial charge < -0.3 is 25.8 Å². The number of aromatic nitrogens is 3. The minimum absolute atomic E-state index is 0. The lowest BCUT2D eigenvalue weighted by atomic mass is 9.85. The van der Waals surface area contributed by atoms with Crippen LogP contribution in [-0.4, -0.2) is 72.1 Å². The van der Waals surface area contributed by atoms with Crippen molar-refractivity contribution in [2.75, 3.05) is 55.8 Å². The van der Waals surface area contributed by atoms with Gasteiger partial charge in [-0.1, -0.05) is 24.6 Å². The molecule has 34 heavy (non-hydrogen) atoms. The van der Waals surface area contributed by atoms with Crippen LogP contribution < -0.4 is 20.9 Å². The molecule has 1 aromatic carbocycles. The fourth-order valence-electron chi connectivity index (χ4n) is 4.40. The number of amides is 1. The Kier molecular flexibility index (Phi) is 9.23. The maximum atomic E-state index is 13.8. The molecule has 2 heterocycles. The van der Waals surface area contributed by atoms with Crippen LogP contribution >= 0.6 is 12.4 Å². The topological polar surface area (TPSA) is 98.3 Å². The summed E-state index contributed by atoms with van der Waals surface area (Å²) in [5.41, 5.74) is 0.498. The Balaban J connectivity index is 0.00000324. The SMILES string of the molecule is CNc1nc(NC2CCCC(C(=O)NCc3ccccc3F)C2)nc(N2CCN(C)CC2)n1.Cl. The van der Waals surface area contributed by atoms with Crippen LogP contribution in [0.15, 0.2) is 24.3 Å². The van der Waals surface area contributed by atoms with Crippen LogP contribution in [0, 0.1) is 11.7 Å². The van der Waals surface area contributed by atoms with Gasteiger partial charge in [0.2, 0.25) is 23.8 Å². The van der Waals surface area contributed by atoms with Gasteiger partial charge in [-0.15, -0.1) is 12.4 Å². The third-order valence-electron chi connectivity index (χ3n) is 6.42. The molecule has 0 spiro atoms. The molecule has 2 aromatic rings. The van der Waals surface area contributed by atoms with E-state index >= 15 is 0 Å². The molecule has 1 aliphatic carbocycles. The van der Waals surface area contributed by atoms with Crippen LogP contribution in [0.3, 0.4) is 0 Å². The second-order valence-corrected chi connectivity index (χ2v) is 8.84. The molecule has 1 saturated heterocycles. The van der Waals surface area contributed by atoms with Crippen molar-refractivity contribution in [2.45, 2.75) is 38.3 Å². The highest BCUT2D eigenvalue weighted by Crippen LogP contribution is 2.27. The molecule has 3 N–H and O–H groups in total. The van der Waals surface area contributed by atoms with Crippen molar-refractivity contribution in [3.8, 4) is 0 Å². The van der Waals surface area contributed by atoms with Gasteiger partial charge >= 0.3 is 0 Å². The molecule has 1 saturated carbocycles. The first-order chi connectivity index (χ1) is 16.0. The van der Waals surface area contributed by atoms with Crippen LogP contribution in [0.25, 0.3) is 0 Å². The summed E-state index contributed by atoms with van der Waals surface area (Å²) in [6.45, 7) is 3.88. The van der Waals surface area contributed by atoms with E-state index in [-0.39, 0.29) is 42.6 Å². The Morgan fingerprint density at radius 1 is 1.09 bits per heavy atom. The highest BCUT2D eigenvalue weighted by Gasteiger charge is 2.28. The Hall–Kier alpha value is -2.72. The number of benzene rings is 1. The normalized spacial score (nSPS) is 20.9. The van der Waals surface area contributed by atoms with Gasteiger partial charge in [0.15, 0.2) is 0 Å². The Bertz CT molecular complexity index is 956. The Morgan fingerprint density at radius 3 is 2.56 bits per heavy atom. The molecule has 2 aliphatic rings. The average Bonchev–Trinajstić information content (AvgIpc) is 2.83. The molecule has 9 nitrogen and oxygen atoms in total. The van der Waals surface area contributed by atoms with Crippen molar-refractivity contribution >= 4 is 36.2 Å². The third kappa shape index (κ3) is 6.66. The first-order valence-electron chi connectivity index (χ1n) is 11.7. The van der Waals surface area contributed by atoms with E-state index in [0.717, 1.165) is 45.4 Å². The molecular formula is C23H34ClFN8O. The van der Waals surface area contributed by atoms with E-state index < -0.39 is 0 Å². The minimum Gasteiger partial charge on any atom is -0.357 e. The first-order valence-corrected chi connectivity index (χ1v) is 11.7. The molecule has 2 fully saturated rings. The lowest BCUT2D eigenvalue weighted by molar-refractivity contribution is -0.126. The monoisotopic (exact) mass is 492 g/mol. The van der Waals surface area contributed by atoms with E-state index in [0.29, 0.717) is 29.8 Å². The van der Waals surface area contributed by atoms with E-state index in [1.54, 1.807) is 25.2 Å². The number of rotatable bonds is 7. The van der Waals surface area contributed by atoms with E-state index in [4.69, 9.17) is 0 Å². The number of hydrogen-bond acceptors (Lipinski definition) is 8. The standard InChI is InChI=1S/C23H33FN8O.ClH/c1-25-21-28-22(30-23(29-21)32-12-10-31(2)11-13-32)27-18-8-5-7-16(14-18)20(33)26-15-17-6-3-4-9-19(17)24;/h3-4,6,9,16,18H,5,7-8,10-15H2,1-2H3,(H,26,33)(H2,25,27,28,29,30);1H. The molecule has 11 heteroatoms. The maximum Gasteiger partial charge on any atom is 0.232 e. The highest BCUT2D eigenvalue weighted by atomic mass is 35.5. The molecular weight excluding hydrogens is 459 g/mol. The Labute approximate surface area is 206 Å². The minimum atomic E-state index is -0.299. The molecule has 1 amide bonds. The molecule has 2 unspecified atom stereocenters. The lowest BCUT2D eigenvalue weighted by Crippen LogP contribution is -2.45. The number of hydrogen-bond donors (Lipinski definition) is 3. The Morgan fingerprint density at radius 2 is 1.82 bits per heavy atom. The number of carbonyl (C=O) groups is 1. The second-order valence-electron chi connectivity index (χ2n) is 8.84. The molecule has 0 bridgehead atoms. The number of halogens is 2. The van der Waals surface area contributed by atoms with Crippen molar-refractivity contribution in [1.82, 2.24) is 25.2 Å². The number of piperazine rings is 1. The van der Waals surface area contributed by atoms with Gasteiger partial charge in [0.1, 0.15) is 5.82 Å². The summed E-state index contributed by atoms with van der Waals surface area (Å²) in [7, 11) is 3.91. The fourth-order valence-corrected chi connectivity index (χ4v) is 4.40. The van der Waals surface area contributed by atoms with Gasteiger partial charge in [0.25, 0.3) is 0 Å². The summed E-state index contributed by atoms with van der Waals surface area (Å²) < 4.78 is 13.8. The number of likely N-dealkylation sites (N-methyl/N-ethyl adjacent to an activating group) is 1. The quantitative estimate of drug-likeness (QED) is 0.542. The lowest BCUT2D eigenvalue weighted by Gasteiger charge is -2.33. The van der Waals surface area contributed by atoms with Crippen molar-refractivity contribution < 1.29 is 9.18 Å². The van der Waals surface area contributed by atoms with Crippen LogP contribution in [0.2, 0.25) is 0 Å². The molecule has 4 rings (SSSR count). The second kappa shape index (κ2) is 12.1. The van der Waals surface area contributed by atoms with Crippen molar-refractivity contribution in [3.63, 3.8) is 0 Å². The van der Waals surface area contributed by atoms with Crippen LogP contribution in [0.5, 0.6) is 0 Å². The molecule has 0 radical (unpaired) electrons. The zero-order valence-corrected chi connectivity index (χ0v) is 20.6. The van der Waals surface area contributed by atoms with Gasteiger partial charge in [0.05, 0.1) is 0 Å². The summed E-state index contributed by atoms with van der Waals surface area (Å²) in [6.07, 6.45) is 3.40. The van der Waals surface area contributed by atoms with E-state index in [1.165, 1.54) is 6.07 Å². The van der Waals surface area contributed by atoms with Crippen LogP contribution in [-0.2, 0) is 11.3 Å². The third-order valence-corrected chi connectivity index (χ3v) is 6.42. The average molecular weight is 493 g/mol. The summed E-state index contributed by atoms with van der Waals surface area (Å²) in [4.78, 5) is 30.9. The van der Waals surface area contributed by atoms with Crippen molar-refractivity contribution in [2.24, 2.45) is 5.92 Å². The van der Waals surface area contributed by atoms with Gasteiger partial charge in [0, 0.05) is 57.3 Å². The van der Waals surface area contributed by atoms with E-state index in [1.807, 2.05) is 0 Å². The summed E-state index contributed by atoms with van der Waals surface area (Å²) >= 11 is 0.